The molecular weight excluding hydrogens is 160 g/mol. The quantitative estimate of drug-likeness (QED) is 0.754. The molecule has 0 radical (unpaired) electrons. The number of hydrogen-bond donors (Lipinski definition) is 1. The molecule has 1 aromatic carbocycles. The summed E-state index contributed by atoms with van der Waals surface area (Å²) in [6, 6.07) is 8.10. The Hall–Kier alpha value is -0.820. The molecule has 0 heterocycles. The van der Waals surface area contributed by atoms with Crippen LogP contribution < -0.4 is 0 Å². The van der Waals surface area contributed by atoms with Crippen molar-refractivity contribution in [3.8, 4) is 0 Å². The van der Waals surface area contributed by atoms with Crippen molar-refractivity contribution in [2.75, 3.05) is 0 Å². The van der Waals surface area contributed by atoms with Crippen LogP contribution >= 0.6 is 0 Å². The van der Waals surface area contributed by atoms with Crippen LogP contribution in [-0.4, -0.2) is 5.11 Å². The predicted molar refractivity (Wildman–Crippen MR) is 55.6 cm³/mol. The highest BCUT2D eigenvalue weighted by atomic mass is 16.3. The van der Waals surface area contributed by atoms with Gasteiger partial charge in [0.05, 0.1) is 6.10 Å². The SMILES string of the molecule is CC[C@@H](C)[C@H](O)c1ccc(C)cc1. The first kappa shape index (κ1) is 10.3. The molecule has 0 aliphatic rings. The molecule has 0 aliphatic heterocycles. The molecule has 0 bridgehead atoms. The molecule has 0 saturated heterocycles. The van der Waals surface area contributed by atoms with Crippen LogP contribution in [0.15, 0.2) is 24.3 Å². The Labute approximate surface area is 80.4 Å². The van der Waals surface area contributed by atoms with Gasteiger partial charge in [0.15, 0.2) is 0 Å². The summed E-state index contributed by atoms with van der Waals surface area (Å²) in [6.45, 7) is 6.23. The van der Waals surface area contributed by atoms with E-state index in [4.69, 9.17) is 0 Å². The largest absolute Gasteiger partial charge is 0.388 e. The summed E-state index contributed by atoms with van der Waals surface area (Å²) in [4.78, 5) is 0. The Kier molecular flexibility index (Phi) is 3.49. The van der Waals surface area contributed by atoms with Gasteiger partial charge in [-0.1, -0.05) is 50.1 Å². The second-order valence-corrected chi connectivity index (χ2v) is 3.74. The van der Waals surface area contributed by atoms with Crippen molar-refractivity contribution in [1.82, 2.24) is 0 Å². The van der Waals surface area contributed by atoms with E-state index in [1.54, 1.807) is 0 Å². The number of hydrogen-bond acceptors (Lipinski definition) is 1. The zero-order valence-electron chi connectivity index (χ0n) is 8.62. The number of rotatable bonds is 3. The van der Waals surface area contributed by atoms with Gasteiger partial charge in [0.25, 0.3) is 0 Å². The molecule has 1 heteroatoms. The van der Waals surface area contributed by atoms with Crippen molar-refractivity contribution >= 4 is 0 Å². The Morgan fingerprint density at radius 2 is 1.77 bits per heavy atom. The average Bonchev–Trinajstić information content (AvgIpc) is 2.17. The third-order valence-corrected chi connectivity index (χ3v) is 2.60. The van der Waals surface area contributed by atoms with Gasteiger partial charge in [-0.25, -0.2) is 0 Å². The molecule has 13 heavy (non-hydrogen) atoms. The molecule has 1 N–H and O–H groups in total. The fourth-order valence-corrected chi connectivity index (χ4v) is 1.32. The van der Waals surface area contributed by atoms with Crippen molar-refractivity contribution in [2.45, 2.75) is 33.3 Å². The van der Waals surface area contributed by atoms with Crippen LogP contribution in [0.1, 0.15) is 37.5 Å². The Morgan fingerprint density at radius 1 is 1.23 bits per heavy atom. The molecular formula is C12H18O. The van der Waals surface area contributed by atoms with Crippen molar-refractivity contribution in [3.63, 3.8) is 0 Å². The number of aryl methyl sites for hydroxylation is 1. The Morgan fingerprint density at radius 3 is 2.23 bits per heavy atom. The molecule has 2 atom stereocenters. The van der Waals surface area contributed by atoms with Gasteiger partial charge in [-0.05, 0) is 18.4 Å². The lowest BCUT2D eigenvalue weighted by Gasteiger charge is -2.17. The summed E-state index contributed by atoms with van der Waals surface area (Å²) in [5, 5.41) is 9.88. The lowest BCUT2D eigenvalue weighted by atomic mass is 9.95. The molecule has 0 saturated carbocycles. The molecule has 0 aliphatic carbocycles. The standard InChI is InChI=1S/C12H18O/c1-4-10(3)12(13)11-7-5-9(2)6-8-11/h5-8,10,12-13H,4H2,1-3H3/t10-,12+/m1/s1. The zero-order valence-corrected chi connectivity index (χ0v) is 8.62. The van der Waals surface area contributed by atoms with Gasteiger partial charge >= 0.3 is 0 Å². The van der Waals surface area contributed by atoms with E-state index in [2.05, 4.69) is 20.8 Å². The van der Waals surface area contributed by atoms with Gasteiger partial charge in [0.1, 0.15) is 0 Å². The number of aliphatic hydroxyl groups excluding tert-OH is 1. The Balaban J connectivity index is 2.77. The Bertz CT molecular complexity index is 250. The molecule has 1 aromatic rings. The summed E-state index contributed by atoms with van der Waals surface area (Å²) >= 11 is 0. The normalized spacial score (nSPS) is 15.4. The minimum absolute atomic E-state index is 0.314. The summed E-state index contributed by atoms with van der Waals surface area (Å²) in [5.41, 5.74) is 2.26. The van der Waals surface area contributed by atoms with Gasteiger partial charge in [0, 0.05) is 0 Å². The lowest BCUT2D eigenvalue weighted by Crippen LogP contribution is -2.07. The van der Waals surface area contributed by atoms with E-state index in [1.807, 2.05) is 24.3 Å². The molecule has 0 unspecified atom stereocenters. The zero-order chi connectivity index (χ0) is 9.84. The first-order valence-corrected chi connectivity index (χ1v) is 4.89. The number of benzene rings is 1. The first-order valence-electron chi connectivity index (χ1n) is 4.89. The minimum Gasteiger partial charge on any atom is -0.388 e. The molecule has 1 nitrogen and oxygen atoms in total. The monoisotopic (exact) mass is 178 g/mol. The maximum absolute atomic E-state index is 9.88. The van der Waals surface area contributed by atoms with Gasteiger partial charge < -0.3 is 5.11 Å². The topological polar surface area (TPSA) is 20.2 Å². The van der Waals surface area contributed by atoms with E-state index in [0.717, 1.165) is 12.0 Å². The molecule has 0 amide bonds. The van der Waals surface area contributed by atoms with Gasteiger partial charge in [0.2, 0.25) is 0 Å². The maximum Gasteiger partial charge on any atom is 0.0815 e. The third kappa shape index (κ3) is 2.56. The maximum atomic E-state index is 9.88. The van der Waals surface area contributed by atoms with E-state index in [0.29, 0.717) is 5.92 Å². The van der Waals surface area contributed by atoms with Crippen LogP contribution in [0.2, 0.25) is 0 Å². The summed E-state index contributed by atoms with van der Waals surface area (Å²) < 4.78 is 0. The van der Waals surface area contributed by atoms with Crippen LogP contribution in [-0.2, 0) is 0 Å². The van der Waals surface area contributed by atoms with E-state index in [1.165, 1.54) is 5.56 Å². The second kappa shape index (κ2) is 4.43. The minimum atomic E-state index is -0.314. The van der Waals surface area contributed by atoms with E-state index < -0.39 is 0 Å². The average molecular weight is 178 g/mol. The highest BCUT2D eigenvalue weighted by molar-refractivity contribution is 5.23. The third-order valence-electron chi connectivity index (χ3n) is 2.60. The first-order chi connectivity index (χ1) is 6.15. The van der Waals surface area contributed by atoms with E-state index in [9.17, 15) is 5.11 Å². The van der Waals surface area contributed by atoms with Crippen molar-refractivity contribution < 1.29 is 5.11 Å². The van der Waals surface area contributed by atoms with Gasteiger partial charge in [-0.15, -0.1) is 0 Å². The predicted octanol–water partition coefficient (Wildman–Crippen LogP) is 3.07. The molecule has 1 rings (SSSR count). The summed E-state index contributed by atoms with van der Waals surface area (Å²) in [7, 11) is 0. The molecule has 0 spiro atoms. The molecule has 72 valence electrons. The van der Waals surface area contributed by atoms with Gasteiger partial charge in [-0.3, -0.25) is 0 Å². The number of aliphatic hydroxyl groups is 1. The highest BCUT2D eigenvalue weighted by Gasteiger charge is 2.13. The van der Waals surface area contributed by atoms with Crippen LogP contribution in [0, 0.1) is 12.8 Å². The van der Waals surface area contributed by atoms with Crippen molar-refractivity contribution in [1.29, 1.82) is 0 Å². The van der Waals surface area contributed by atoms with E-state index in [-0.39, 0.29) is 6.10 Å². The van der Waals surface area contributed by atoms with Crippen LogP contribution in [0.25, 0.3) is 0 Å². The van der Waals surface area contributed by atoms with Crippen LogP contribution in [0.3, 0.4) is 0 Å². The fraction of sp³-hybridized carbons (Fsp3) is 0.500. The fourth-order valence-electron chi connectivity index (χ4n) is 1.32. The molecule has 0 fully saturated rings. The van der Waals surface area contributed by atoms with Crippen LogP contribution in [0.5, 0.6) is 0 Å². The van der Waals surface area contributed by atoms with E-state index >= 15 is 0 Å². The summed E-state index contributed by atoms with van der Waals surface area (Å²) in [6.07, 6.45) is 0.695. The summed E-state index contributed by atoms with van der Waals surface area (Å²) in [5.74, 6) is 0.336. The van der Waals surface area contributed by atoms with Crippen LogP contribution in [0.4, 0.5) is 0 Å². The van der Waals surface area contributed by atoms with Crippen molar-refractivity contribution in [2.24, 2.45) is 5.92 Å². The van der Waals surface area contributed by atoms with Gasteiger partial charge in [-0.2, -0.15) is 0 Å². The molecule has 0 aromatic heterocycles. The smallest absolute Gasteiger partial charge is 0.0815 e. The van der Waals surface area contributed by atoms with Crippen molar-refractivity contribution in [3.05, 3.63) is 35.4 Å². The highest BCUT2D eigenvalue weighted by Crippen LogP contribution is 2.23. The second-order valence-electron chi connectivity index (χ2n) is 3.74. The lowest BCUT2D eigenvalue weighted by molar-refractivity contribution is 0.115.